The second-order valence-electron chi connectivity index (χ2n) is 5.53. The molecule has 0 radical (unpaired) electrons. The molecule has 0 saturated heterocycles. The van der Waals surface area contributed by atoms with Gasteiger partial charge in [0.15, 0.2) is 0 Å². The Morgan fingerprint density at radius 3 is 2.41 bits per heavy atom. The Hall–Kier alpha value is -0.730. The van der Waals surface area contributed by atoms with Crippen molar-refractivity contribution in [2.45, 2.75) is 52.8 Å². The molecule has 0 amide bonds. The number of hydrogen-bond donors (Lipinski definition) is 1. The molecule has 1 rings (SSSR count). The van der Waals surface area contributed by atoms with E-state index in [0.717, 1.165) is 12.3 Å². The van der Waals surface area contributed by atoms with Crippen molar-refractivity contribution in [2.75, 3.05) is 0 Å². The average Bonchev–Trinajstić information content (AvgIpc) is 2.17. The first-order valence-electron chi connectivity index (χ1n) is 5.98. The molecular weight excluding hydrogens is 234 g/mol. The Morgan fingerprint density at radius 2 is 1.94 bits per heavy atom. The molecule has 3 heteroatoms. The maximum atomic E-state index is 6.17. The molecule has 1 aromatic carbocycles. The van der Waals surface area contributed by atoms with Gasteiger partial charge in [0.05, 0.1) is 11.1 Å². The lowest BCUT2D eigenvalue weighted by Crippen LogP contribution is -2.35. The lowest BCUT2D eigenvalue weighted by molar-refractivity contribution is 0.242. The molecule has 1 N–H and O–H groups in total. The van der Waals surface area contributed by atoms with E-state index >= 15 is 0 Å². The summed E-state index contributed by atoms with van der Waals surface area (Å²) < 4.78 is 5.59. The third-order valence-corrected chi connectivity index (χ3v) is 2.48. The number of rotatable bonds is 4. The summed E-state index contributed by atoms with van der Waals surface area (Å²) in [6.07, 6.45) is 0.144. The minimum Gasteiger partial charge on any atom is -0.489 e. The molecule has 0 aliphatic rings. The van der Waals surface area contributed by atoms with Crippen LogP contribution < -0.4 is 10.1 Å². The highest BCUT2D eigenvalue weighted by atomic mass is 35.5. The molecule has 2 nitrogen and oxygen atoms in total. The standard InChI is InChI=1S/C14H22ClNO/c1-10(2)17-13-7-6-11(8-12(13)15)9-16-14(3,4)5/h6-8,10,16H,9H2,1-5H3. The lowest BCUT2D eigenvalue weighted by atomic mass is 10.1. The molecule has 0 unspecified atom stereocenters. The molecule has 1 aromatic rings. The zero-order valence-electron chi connectivity index (χ0n) is 11.3. The van der Waals surface area contributed by atoms with Gasteiger partial charge in [0.25, 0.3) is 0 Å². The second-order valence-corrected chi connectivity index (χ2v) is 5.94. The van der Waals surface area contributed by atoms with Crippen LogP contribution in [0.1, 0.15) is 40.2 Å². The average molecular weight is 256 g/mol. The SMILES string of the molecule is CC(C)Oc1ccc(CNC(C)(C)C)cc1Cl. The van der Waals surface area contributed by atoms with Crippen LogP contribution in [0.4, 0.5) is 0 Å². The summed E-state index contributed by atoms with van der Waals surface area (Å²) in [4.78, 5) is 0. The molecule has 0 aliphatic carbocycles. The smallest absolute Gasteiger partial charge is 0.138 e. The van der Waals surface area contributed by atoms with Crippen LogP contribution in [0.25, 0.3) is 0 Å². The van der Waals surface area contributed by atoms with Crippen LogP contribution in [-0.4, -0.2) is 11.6 Å². The molecule has 0 saturated carbocycles. The summed E-state index contributed by atoms with van der Waals surface area (Å²) in [7, 11) is 0. The summed E-state index contributed by atoms with van der Waals surface area (Å²) in [5, 5.41) is 4.10. The van der Waals surface area contributed by atoms with E-state index in [9.17, 15) is 0 Å². The molecule has 0 aliphatic heterocycles. The van der Waals surface area contributed by atoms with Crippen molar-refractivity contribution in [3.05, 3.63) is 28.8 Å². The first kappa shape index (κ1) is 14.3. The summed E-state index contributed by atoms with van der Waals surface area (Å²) in [6, 6.07) is 5.93. The summed E-state index contributed by atoms with van der Waals surface area (Å²) in [5.74, 6) is 0.751. The number of nitrogens with one attached hydrogen (secondary N) is 1. The van der Waals surface area contributed by atoms with Gasteiger partial charge < -0.3 is 10.1 Å². The molecule has 0 spiro atoms. The van der Waals surface area contributed by atoms with Gasteiger partial charge >= 0.3 is 0 Å². The molecule has 0 heterocycles. The highest BCUT2D eigenvalue weighted by Gasteiger charge is 2.10. The van der Waals surface area contributed by atoms with E-state index < -0.39 is 0 Å². The van der Waals surface area contributed by atoms with Crippen LogP contribution in [0.5, 0.6) is 5.75 Å². The Balaban J connectivity index is 2.68. The van der Waals surface area contributed by atoms with Crippen molar-refractivity contribution in [3.8, 4) is 5.75 Å². The van der Waals surface area contributed by atoms with Crippen LogP contribution in [0.3, 0.4) is 0 Å². The van der Waals surface area contributed by atoms with E-state index in [4.69, 9.17) is 16.3 Å². The largest absolute Gasteiger partial charge is 0.489 e. The second kappa shape index (κ2) is 5.74. The fraction of sp³-hybridized carbons (Fsp3) is 0.571. The van der Waals surface area contributed by atoms with Gasteiger partial charge in [-0.15, -0.1) is 0 Å². The van der Waals surface area contributed by atoms with Gasteiger partial charge in [0.2, 0.25) is 0 Å². The van der Waals surface area contributed by atoms with Crippen LogP contribution in [0.15, 0.2) is 18.2 Å². The molecule has 0 bridgehead atoms. The van der Waals surface area contributed by atoms with Gasteiger partial charge in [-0.3, -0.25) is 0 Å². The minimum absolute atomic E-state index is 0.111. The van der Waals surface area contributed by atoms with Gasteiger partial charge in [0, 0.05) is 12.1 Å². The third kappa shape index (κ3) is 5.42. The van der Waals surface area contributed by atoms with Crippen LogP contribution in [0.2, 0.25) is 5.02 Å². The summed E-state index contributed by atoms with van der Waals surface area (Å²) in [6.45, 7) is 11.2. The quantitative estimate of drug-likeness (QED) is 0.878. The van der Waals surface area contributed by atoms with Gasteiger partial charge in [0.1, 0.15) is 5.75 Å². The number of ether oxygens (including phenoxy) is 1. The van der Waals surface area contributed by atoms with E-state index in [1.807, 2.05) is 32.0 Å². The zero-order valence-corrected chi connectivity index (χ0v) is 12.1. The van der Waals surface area contributed by atoms with Crippen molar-refractivity contribution in [3.63, 3.8) is 0 Å². The normalized spacial score (nSPS) is 11.9. The van der Waals surface area contributed by atoms with Crippen molar-refractivity contribution in [1.29, 1.82) is 0 Å². The van der Waals surface area contributed by atoms with Crippen molar-refractivity contribution in [2.24, 2.45) is 0 Å². The van der Waals surface area contributed by atoms with E-state index in [1.54, 1.807) is 0 Å². The van der Waals surface area contributed by atoms with E-state index in [-0.39, 0.29) is 11.6 Å². The molecule has 0 atom stereocenters. The maximum Gasteiger partial charge on any atom is 0.138 e. The van der Waals surface area contributed by atoms with Gasteiger partial charge in [-0.05, 0) is 52.3 Å². The van der Waals surface area contributed by atoms with Crippen molar-refractivity contribution < 1.29 is 4.74 Å². The summed E-state index contributed by atoms with van der Waals surface area (Å²) >= 11 is 6.17. The Labute approximate surface area is 109 Å². The van der Waals surface area contributed by atoms with Crippen molar-refractivity contribution >= 4 is 11.6 Å². The predicted octanol–water partition coefficient (Wildman–Crippen LogP) is 4.02. The molecule has 0 aromatic heterocycles. The van der Waals surface area contributed by atoms with E-state index in [0.29, 0.717) is 5.02 Å². The lowest BCUT2D eigenvalue weighted by Gasteiger charge is -2.21. The molecule has 96 valence electrons. The highest BCUT2D eigenvalue weighted by Crippen LogP contribution is 2.26. The Kier molecular flexibility index (Phi) is 4.84. The highest BCUT2D eigenvalue weighted by molar-refractivity contribution is 6.32. The molecule has 17 heavy (non-hydrogen) atoms. The van der Waals surface area contributed by atoms with Gasteiger partial charge in [-0.2, -0.15) is 0 Å². The first-order chi connectivity index (χ1) is 7.78. The zero-order chi connectivity index (χ0) is 13.1. The fourth-order valence-electron chi connectivity index (χ4n) is 1.37. The van der Waals surface area contributed by atoms with Crippen LogP contribution in [-0.2, 0) is 6.54 Å². The van der Waals surface area contributed by atoms with Crippen molar-refractivity contribution in [1.82, 2.24) is 5.32 Å². The minimum atomic E-state index is 0.111. The van der Waals surface area contributed by atoms with E-state index in [1.165, 1.54) is 5.56 Å². The first-order valence-corrected chi connectivity index (χ1v) is 6.36. The topological polar surface area (TPSA) is 21.3 Å². The van der Waals surface area contributed by atoms with Crippen LogP contribution >= 0.6 is 11.6 Å². The molecular formula is C14H22ClNO. The monoisotopic (exact) mass is 255 g/mol. The number of hydrogen-bond acceptors (Lipinski definition) is 2. The number of benzene rings is 1. The molecule has 0 fully saturated rings. The van der Waals surface area contributed by atoms with Gasteiger partial charge in [-0.25, -0.2) is 0 Å². The third-order valence-electron chi connectivity index (χ3n) is 2.18. The van der Waals surface area contributed by atoms with Gasteiger partial charge in [-0.1, -0.05) is 17.7 Å². The predicted molar refractivity (Wildman–Crippen MR) is 73.8 cm³/mol. The van der Waals surface area contributed by atoms with E-state index in [2.05, 4.69) is 26.1 Å². The number of halogens is 1. The maximum absolute atomic E-state index is 6.17. The Bertz CT molecular complexity index is 369. The Morgan fingerprint density at radius 1 is 1.29 bits per heavy atom. The summed E-state index contributed by atoms with van der Waals surface area (Å²) in [5.41, 5.74) is 1.28. The van der Waals surface area contributed by atoms with Crippen LogP contribution in [0, 0.1) is 0 Å². The fourth-order valence-corrected chi connectivity index (χ4v) is 1.62.